The Kier molecular flexibility index (Phi) is 6.68. The summed E-state index contributed by atoms with van der Waals surface area (Å²) < 4.78 is 1.91. The smallest absolute Gasteiger partial charge is 0.137 e. The molecule has 29 heavy (non-hydrogen) atoms. The summed E-state index contributed by atoms with van der Waals surface area (Å²) in [4.78, 5) is 21.7. The zero-order chi connectivity index (χ0) is 21.1. The summed E-state index contributed by atoms with van der Waals surface area (Å²) in [5, 5.41) is 4.98. The normalized spacial score (nSPS) is 11.6. The van der Waals surface area contributed by atoms with Crippen LogP contribution in [-0.2, 0) is 31.1 Å². The molecular weight excluding hydrogens is 384 g/mol. The van der Waals surface area contributed by atoms with Crippen LogP contribution in [0.15, 0.2) is 18.2 Å². The van der Waals surface area contributed by atoms with Gasteiger partial charge in [0.15, 0.2) is 0 Å². The fourth-order valence-electron chi connectivity index (χ4n) is 3.78. The lowest BCUT2D eigenvalue weighted by atomic mass is 9.99. The van der Waals surface area contributed by atoms with Gasteiger partial charge in [0, 0.05) is 31.3 Å². The summed E-state index contributed by atoms with van der Waals surface area (Å²) in [5.41, 5.74) is 7.01. The average Bonchev–Trinajstić information content (AvgIpc) is 2.93. The van der Waals surface area contributed by atoms with Crippen molar-refractivity contribution in [3.8, 4) is 0 Å². The van der Waals surface area contributed by atoms with Gasteiger partial charge in [0.05, 0.1) is 11.2 Å². The molecule has 0 atom stereocenters. The number of aryl methyl sites for hydroxylation is 4. The summed E-state index contributed by atoms with van der Waals surface area (Å²) in [6.45, 7) is 8.43. The molecule has 0 spiro atoms. The van der Waals surface area contributed by atoms with Gasteiger partial charge in [0.2, 0.25) is 0 Å². The van der Waals surface area contributed by atoms with E-state index >= 15 is 0 Å². The molecule has 0 fully saturated rings. The van der Waals surface area contributed by atoms with Gasteiger partial charge in [-0.2, -0.15) is 5.10 Å². The first-order valence-corrected chi connectivity index (χ1v) is 10.7. The number of nitrogens with zero attached hydrogens (tertiary/aromatic N) is 4. The highest BCUT2D eigenvalue weighted by atomic mass is 35.5. The molecule has 3 aromatic rings. The molecule has 0 aliphatic rings. The number of fused-ring (bicyclic) bond motifs is 1. The van der Waals surface area contributed by atoms with E-state index in [0.29, 0.717) is 30.3 Å². The van der Waals surface area contributed by atoms with Crippen LogP contribution in [0, 0.1) is 6.92 Å². The molecule has 0 radical (unpaired) electrons. The van der Waals surface area contributed by atoms with E-state index in [0.717, 1.165) is 46.5 Å². The van der Waals surface area contributed by atoms with Crippen LogP contribution in [0.3, 0.4) is 0 Å². The van der Waals surface area contributed by atoms with Crippen molar-refractivity contribution in [2.75, 3.05) is 0 Å². The largest absolute Gasteiger partial charge is 0.299 e. The van der Waals surface area contributed by atoms with Crippen LogP contribution in [0.1, 0.15) is 67.7 Å². The molecule has 0 saturated heterocycles. The number of pyridine rings is 2. The highest BCUT2D eigenvalue weighted by Crippen LogP contribution is 2.27. The number of ketones is 1. The Morgan fingerprint density at radius 2 is 1.86 bits per heavy atom. The third kappa shape index (κ3) is 5.02. The number of halogens is 1. The van der Waals surface area contributed by atoms with E-state index in [1.165, 1.54) is 5.56 Å². The Labute approximate surface area is 177 Å². The molecule has 5 nitrogen and oxygen atoms in total. The Bertz CT molecular complexity index is 1040. The van der Waals surface area contributed by atoms with Crippen LogP contribution in [0.2, 0.25) is 5.15 Å². The molecule has 3 heterocycles. The van der Waals surface area contributed by atoms with Gasteiger partial charge in [0.1, 0.15) is 16.5 Å². The van der Waals surface area contributed by atoms with E-state index in [1.807, 2.05) is 24.7 Å². The maximum atomic E-state index is 12.6. The van der Waals surface area contributed by atoms with Gasteiger partial charge in [-0.05, 0) is 55.0 Å². The van der Waals surface area contributed by atoms with Crippen molar-refractivity contribution in [3.63, 3.8) is 0 Å². The molecular formula is C23H29ClN4O. The SMILES string of the molecule is CCCc1cc(CC(=O)CCc2cc(C(C)C)c3c(n2)c(C)nn3C)cc(Cl)n1. The molecule has 154 valence electrons. The molecule has 0 aromatic carbocycles. The Morgan fingerprint density at radius 1 is 1.14 bits per heavy atom. The van der Waals surface area contributed by atoms with Crippen LogP contribution < -0.4 is 0 Å². The molecule has 3 rings (SSSR count). The third-order valence-electron chi connectivity index (χ3n) is 5.14. The lowest BCUT2D eigenvalue weighted by molar-refractivity contribution is -0.118. The monoisotopic (exact) mass is 412 g/mol. The zero-order valence-electron chi connectivity index (χ0n) is 17.9. The fraction of sp³-hybridized carbons (Fsp3) is 0.478. The number of hydrogen-bond donors (Lipinski definition) is 0. The molecule has 0 saturated carbocycles. The van der Waals surface area contributed by atoms with E-state index in [2.05, 4.69) is 36.9 Å². The summed E-state index contributed by atoms with van der Waals surface area (Å²) in [6.07, 6.45) is 3.33. The van der Waals surface area contributed by atoms with Crippen LogP contribution in [0.25, 0.3) is 11.0 Å². The molecule has 0 aliphatic carbocycles. The second-order valence-electron chi connectivity index (χ2n) is 8.02. The number of carbonyl (C=O) groups excluding carboxylic acids is 1. The lowest BCUT2D eigenvalue weighted by Gasteiger charge is -2.11. The minimum atomic E-state index is 0.186. The van der Waals surface area contributed by atoms with Gasteiger partial charge in [-0.15, -0.1) is 0 Å². The molecule has 0 amide bonds. The Morgan fingerprint density at radius 3 is 2.55 bits per heavy atom. The third-order valence-corrected chi connectivity index (χ3v) is 5.33. The number of hydrogen-bond acceptors (Lipinski definition) is 4. The Balaban J connectivity index is 1.75. The van der Waals surface area contributed by atoms with Crippen molar-refractivity contribution in [1.82, 2.24) is 19.7 Å². The number of carbonyl (C=O) groups is 1. The minimum Gasteiger partial charge on any atom is -0.299 e. The minimum absolute atomic E-state index is 0.186. The molecule has 0 bridgehead atoms. The summed E-state index contributed by atoms with van der Waals surface area (Å²) in [5.74, 6) is 0.548. The van der Waals surface area contributed by atoms with E-state index in [-0.39, 0.29) is 5.78 Å². The van der Waals surface area contributed by atoms with Crippen LogP contribution in [0.4, 0.5) is 0 Å². The van der Waals surface area contributed by atoms with Crippen molar-refractivity contribution in [2.45, 2.75) is 65.7 Å². The van der Waals surface area contributed by atoms with E-state index in [9.17, 15) is 4.79 Å². The summed E-state index contributed by atoms with van der Waals surface area (Å²) >= 11 is 6.12. The van der Waals surface area contributed by atoms with Crippen molar-refractivity contribution < 1.29 is 4.79 Å². The number of Topliss-reactive ketones (excluding diaryl/α,β-unsaturated/α-hetero) is 1. The maximum Gasteiger partial charge on any atom is 0.137 e. The highest BCUT2D eigenvalue weighted by Gasteiger charge is 2.16. The van der Waals surface area contributed by atoms with E-state index < -0.39 is 0 Å². The van der Waals surface area contributed by atoms with E-state index in [4.69, 9.17) is 16.6 Å². The molecule has 6 heteroatoms. The summed E-state index contributed by atoms with van der Waals surface area (Å²) in [7, 11) is 1.96. The predicted molar refractivity (Wildman–Crippen MR) is 118 cm³/mol. The van der Waals surface area contributed by atoms with Crippen LogP contribution >= 0.6 is 11.6 Å². The van der Waals surface area contributed by atoms with Crippen molar-refractivity contribution in [2.24, 2.45) is 7.05 Å². The van der Waals surface area contributed by atoms with Gasteiger partial charge < -0.3 is 0 Å². The first kappa shape index (κ1) is 21.4. The Hall–Kier alpha value is -2.27. The van der Waals surface area contributed by atoms with Crippen LogP contribution in [0.5, 0.6) is 0 Å². The van der Waals surface area contributed by atoms with Gasteiger partial charge in [-0.3, -0.25) is 9.48 Å². The number of rotatable bonds is 8. The number of aromatic nitrogens is 4. The molecule has 3 aromatic heterocycles. The predicted octanol–water partition coefficient (Wildman–Crippen LogP) is 5.15. The molecule has 0 unspecified atom stereocenters. The average molecular weight is 413 g/mol. The van der Waals surface area contributed by atoms with Crippen molar-refractivity contribution in [1.29, 1.82) is 0 Å². The standard InChI is InChI=1S/C23H29ClN4O/c1-6-7-17-10-16(12-21(24)25-17)11-19(29)9-8-18-13-20(14(2)3)23-22(26-18)15(4)27-28(23)5/h10,12-14H,6-9,11H2,1-5H3. The fourth-order valence-corrected chi connectivity index (χ4v) is 4.03. The second-order valence-corrected chi connectivity index (χ2v) is 8.41. The maximum absolute atomic E-state index is 12.6. The van der Waals surface area contributed by atoms with Gasteiger partial charge >= 0.3 is 0 Å². The van der Waals surface area contributed by atoms with Crippen LogP contribution in [-0.4, -0.2) is 25.5 Å². The van der Waals surface area contributed by atoms with Crippen molar-refractivity contribution in [3.05, 3.63) is 51.6 Å². The molecule has 0 N–H and O–H groups in total. The van der Waals surface area contributed by atoms with Gasteiger partial charge in [0.25, 0.3) is 0 Å². The zero-order valence-corrected chi connectivity index (χ0v) is 18.7. The van der Waals surface area contributed by atoms with Crippen molar-refractivity contribution >= 4 is 28.4 Å². The molecule has 0 aliphatic heterocycles. The first-order chi connectivity index (χ1) is 13.8. The quantitative estimate of drug-likeness (QED) is 0.480. The van der Waals surface area contributed by atoms with Gasteiger partial charge in [-0.25, -0.2) is 9.97 Å². The topological polar surface area (TPSA) is 60.7 Å². The lowest BCUT2D eigenvalue weighted by Crippen LogP contribution is -2.07. The van der Waals surface area contributed by atoms with Gasteiger partial charge in [-0.1, -0.05) is 38.8 Å². The highest BCUT2D eigenvalue weighted by molar-refractivity contribution is 6.29. The summed E-state index contributed by atoms with van der Waals surface area (Å²) in [6, 6.07) is 5.91. The van der Waals surface area contributed by atoms with E-state index in [1.54, 1.807) is 6.07 Å². The second kappa shape index (κ2) is 9.04. The first-order valence-electron chi connectivity index (χ1n) is 10.3.